The van der Waals surface area contributed by atoms with Crippen LogP contribution in [-0.4, -0.2) is 11.2 Å². The molecule has 0 bridgehead atoms. The second-order valence-electron chi connectivity index (χ2n) is 4.53. The monoisotopic (exact) mass is 321 g/mol. The lowest BCUT2D eigenvalue weighted by Gasteiger charge is -2.09. The van der Waals surface area contributed by atoms with Gasteiger partial charge in [-0.1, -0.05) is 17.7 Å². The molecule has 100 valence electrons. The van der Waals surface area contributed by atoms with Crippen LogP contribution in [0.3, 0.4) is 0 Å². The van der Waals surface area contributed by atoms with E-state index in [0.29, 0.717) is 17.6 Å². The summed E-state index contributed by atoms with van der Waals surface area (Å²) in [6.45, 7) is 5.00. The minimum absolute atomic E-state index is 0.0295. The number of pyridine rings is 1. The van der Waals surface area contributed by atoms with Gasteiger partial charge < -0.3 is 9.30 Å². The first-order valence-electron chi connectivity index (χ1n) is 6.12. The van der Waals surface area contributed by atoms with E-state index in [1.807, 2.05) is 50.4 Å². The smallest absolute Gasteiger partial charge is 0.264 e. The summed E-state index contributed by atoms with van der Waals surface area (Å²) in [4.78, 5) is 11.9. The molecule has 1 aromatic carbocycles. The van der Waals surface area contributed by atoms with Gasteiger partial charge in [-0.3, -0.25) is 4.79 Å². The second-order valence-corrected chi connectivity index (χ2v) is 5.38. The summed E-state index contributed by atoms with van der Waals surface area (Å²) in [7, 11) is 0. The summed E-state index contributed by atoms with van der Waals surface area (Å²) in [5.41, 5.74) is 2.21. The third-order valence-electron chi connectivity index (χ3n) is 2.80. The molecule has 0 aliphatic rings. The molecule has 19 heavy (non-hydrogen) atoms. The zero-order valence-corrected chi connectivity index (χ0v) is 12.6. The molecule has 2 aromatic rings. The molecule has 4 heteroatoms. The second kappa shape index (κ2) is 6.06. The van der Waals surface area contributed by atoms with E-state index < -0.39 is 0 Å². The average Bonchev–Trinajstić information content (AvgIpc) is 2.37. The number of halogens is 1. The number of aromatic nitrogens is 1. The van der Waals surface area contributed by atoms with Crippen molar-refractivity contribution in [1.29, 1.82) is 0 Å². The molecule has 0 saturated carbocycles. The van der Waals surface area contributed by atoms with Crippen molar-refractivity contribution in [2.75, 3.05) is 6.61 Å². The van der Waals surface area contributed by atoms with Crippen molar-refractivity contribution >= 4 is 15.9 Å². The lowest BCUT2D eigenvalue weighted by atomic mass is 10.2. The van der Waals surface area contributed by atoms with Crippen LogP contribution in [0.15, 0.2) is 45.8 Å². The number of hydrogen-bond acceptors (Lipinski definition) is 2. The molecule has 0 amide bonds. The van der Waals surface area contributed by atoms with Crippen molar-refractivity contribution in [3.05, 3.63) is 62.5 Å². The molecule has 0 aliphatic heterocycles. The zero-order chi connectivity index (χ0) is 13.8. The number of nitrogens with zero attached hydrogens (tertiary/aromatic N) is 1. The third-order valence-corrected chi connectivity index (χ3v) is 3.37. The number of ether oxygens (including phenoxy) is 1. The molecular formula is C15H16BrNO2. The summed E-state index contributed by atoms with van der Waals surface area (Å²) in [6.07, 6.45) is 1.84. The van der Waals surface area contributed by atoms with Crippen molar-refractivity contribution < 1.29 is 4.74 Å². The lowest BCUT2D eigenvalue weighted by molar-refractivity contribution is 0.296. The van der Waals surface area contributed by atoms with Gasteiger partial charge in [-0.15, -0.1) is 0 Å². The van der Waals surface area contributed by atoms with Gasteiger partial charge >= 0.3 is 0 Å². The maximum Gasteiger partial charge on any atom is 0.264 e. The SMILES string of the molecule is Cc1ccc(OCCn2cc(C)cc(Br)c2=O)cc1. The van der Waals surface area contributed by atoms with Crippen LogP contribution in [0.2, 0.25) is 0 Å². The van der Waals surface area contributed by atoms with Crippen LogP contribution in [0.1, 0.15) is 11.1 Å². The maximum absolute atomic E-state index is 11.9. The van der Waals surface area contributed by atoms with Gasteiger partial charge in [0, 0.05) is 6.20 Å². The van der Waals surface area contributed by atoms with Gasteiger partial charge in [0.15, 0.2) is 0 Å². The van der Waals surface area contributed by atoms with Crippen LogP contribution in [-0.2, 0) is 6.54 Å². The lowest BCUT2D eigenvalue weighted by Crippen LogP contribution is -2.23. The molecule has 0 aliphatic carbocycles. The fourth-order valence-electron chi connectivity index (χ4n) is 1.80. The largest absolute Gasteiger partial charge is 0.492 e. The maximum atomic E-state index is 11.9. The molecule has 0 fully saturated rings. The van der Waals surface area contributed by atoms with Gasteiger partial charge in [0.2, 0.25) is 0 Å². The first kappa shape index (κ1) is 13.9. The fourth-order valence-corrected chi connectivity index (χ4v) is 2.39. The molecule has 0 radical (unpaired) electrons. The molecule has 0 unspecified atom stereocenters. The number of rotatable bonds is 4. The van der Waals surface area contributed by atoms with Crippen LogP contribution in [0.25, 0.3) is 0 Å². The summed E-state index contributed by atoms with van der Waals surface area (Å²) < 4.78 is 7.87. The van der Waals surface area contributed by atoms with Gasteiger partial charge in [-0.05, 0) is 53.5 Å². The summed E-state index contributed by atoms with van der Waals surface area (Å²) in [6, 6.07) is 9.70. The molecule has 0 spiro atoms. The first-order valence-corrected chi connectivity index (χ1v) is 6.91. The van der Waals surface area contributed by atoms with E-state index in [9.17, 15) is 4.79 Å². The standard InChI is InChI=1S/C15H16BrNO2/c1-11-3-5-13(6-4-11)19-8-7-17-10-12(2)9-14(16)15(17)18/h3-6,9-10H,7-8H2,1-2H3. The zero-order valence-electron chi connectivity index (χ0n) is 11.0. The van der Waals surface area contributed by atoms with E-state index in [4.69, 9.17) is 4.74 Å². The Morgan fingerprint density at radius 3 is 2.53 bits per heavy atom. The molecule has 1 heterocycles. The first-order chi connectivity index (χ1) is 9.06. The van der Waals surface area contributed by atoms with Crippen LogP contribution < -0.4 is 10.3 Å². The molecule has 1 aromatic heterocycles. The highest BCUT2D eigenvalue weighted by Gasteiger charge is 2.02. The van der Waals surface area contributed by atoms with Crippen LogP contribution in [0.4, 0.5) is 0 Å². The molecule has 3 nitrogen and oxygen atoms in total. The summed E-state index contributed by atoms with van der Waals surface area (Å²) in [5.74, 6) is 0.824. The number of aryl methyl sites for hydroxylation is 2. The van der Waals surface area contributed by atoms with E-state index in [1.165, 1.54) is 5.56 Å². The van der Waals surface area contributed by atoms with Crippen molar-refractivity contribution in [3.63, 3.8) is 0 Å². The molecule has 0 N–H and O–H groups in total. The third kappa shape index (κ3) is 3.70. The van der Waals surface area contributed by atoms with Gasteiger partial charge in [0.25, 0.3) is 5.56 Å². The van der Waals surface area contributed by atoms with Crippen molar-refractivity contribution in [3.8, 4) is 5.75 Å². The van der Waals surface area contributed by atoms with Crippen molar-refractivity contribution in [1.82, 2.24) is 4.57 Å². The van der Waals surface area contributed by atoms with E-state index in [2.05, 4.69) is 15.9 Å². The topological polar surface area (TPSA) is 31.2 Å². The van der Waals surface area contributed by atoms with Gasteiger partial charge in [0.05, 0.1) is 11.0 Å². The Balaban J connectivity index is 2.00. The predicted octanol–water partition coefficient (Wildman–Crippen LogP) is 3.31. The van der Waals surface area contributed by atoms with Crippen molar-refractivity contribution in [2.24, 2.45) is 0 Å². The predicted molar refractivity (Wildman–Crippen MR) is 79.8 cm³/mol. The Morgan fingerprint density at radius 2 is 1.84 bits per heavy atom. The quantitative estimate of drug-likeness (QED) is 0.865. The summed E-state index contributed by atoms with van der Waals surface area (Å²) >= 11 is 3.27. The van der Waals surface area contributed by atoms with Crippen LogP contribution >= 0.6 is 15.9 Å². The molecule has 2 rings (SSSR count). The molecule has 0 atom stereocenters. The van der Waals surface area contributed by atoms with Gasteiger partial charge in [0.1, 0.15) is 12.4 Å². The van der Waals surface area contributed by atoms with Gasteiger partial charge in [-0.2, -0.15) is 0 Å². The van der Waals surface area contributed by atoms with Gasteiger partial charge in [-0.25, -0.2) is 0 Å². The minimum Gasteiger partial charge on any atom is -0.492 e. The number of benzene rings is 1. The average molecular weight is 322 g/mol. The molecular weight excluding hydrogens is 306 g/mol. The highest BCUT2D eigenvalue weighted by atomic mass is 79.9. The van der Waals surface area contributed by atoms with E-state index in [-0.39, 0.29) is 5.56 Å². The molecule has 0 saturated heterocycles. The van der Waals surface area contributed by atoms with E-state index in [0.717, 1.165) is 11.3 Å². The van der Waals surface area contributed by atoms with E-state index in [1.54, 1.807) is 4.57 Å². The highest BCUT2D eigenvalue weighted by Crippen LogP contribution is 2.11. The van der Waals surface area contributed by atoms with E-state index >= 15 is 0 Å². The Kier molecular flexibility index (Phi) is 4.43. The Morgan fingerprint density at radius 1 is 1.16 bits per heavy atom. The Bertz CT molecular complexity index is 617. The van der Waals surface area contributed by atoms with Crippen LogP contribution in [0, 0.1) is 13.8 Å². The highest BCUT2D eigenvalue weighted by molar-refractivity contribution is 9.10. The van der Waals surface area contributed by atoms with Crippen LogP contribution in [0.5, 0.6) is 5.75 Å². The number of hydrogen-bond donors (Lipinski definition) is 0. The fraction of sp³-hybridized carbons (Fsp3) is 0.267. The minimum atomic E-state index is -0.0295. The normalized spacial score (nSPS) is 10.5. The van der Waals surface area contributed by atoms with Crippen molar-refractivity contribution in [2.45, 2.75) is 20.4 Å². The Labute approximate surface area is 121 Å². The Hall–Kier alpha value is -1.55. The summed E-state index contributed by atoms with van der Waals surface area (Å²) in [5, 5.41) is 0.